The van der Waals surface area contributed by atoms with E-state index in [4.69, 9.17) is 23.7 Å². The first kappa shape index (κ1) is 20.4. The summed E-state index contributed by atoms with van der Waals surface area (Å²) in [5, 5.41) is -0.863. The van der Waals surface area contributed by atoms with Crippen molar-refractivity contribution in [2.75, 3.05) is 6.61 Å². The maximum atomic E-state index is 11.4. The number of hydrogen-bond acceptors (Lipinski definition) is 9. The Labute approximate surface area is 147 Å². The second-order valence-electron chi connectivity index (χ2n) is 5.05. The largest absolute Gasteiger partial charge is 0.463 e. The van der Waals surface area contributed by atoms with Crippen LogP contribution in [0.4, 0.5) is 0 Å². The Balaban J connectivity index is 3.11. The first-order chi connectivity index (χ1) is 11.1. The number of esters is 4. The van der Waals surface area contributed by atoms with Gasteiger partial charge in [-0.15, -0.1) is 0 Å². The highest BCUT2D eigenvalue weighted by atomic mass is 79.9. The van der Waals surface area contributed by atoms with Crippen LogP contribution in [0.2, 0.25) is 0 Å². The number of carbonyl (C=O) groups excluding carboxylic acids is 4. The normalized spacial score (nSPS) is 29.3. The Morgan fingerprint density at radius 3 is 1.71 bits per heavy atom. The van der Waals surface area contributed by atoms with Gasteiger partial charge >= 0.3 is 23.9 Å². The standard InChI is InChI=1S/C14H19BrO9/c1-6(16)20-5-10-11(21-7(2)17)12(22-8(3)18)13(14(15)24-10)23-9(4)19/h10-14H,5H2,1-4H3/t10-,11+,12+,13-,14?/m0/s1. The van der Waals surface area contributed by atoms with Crippen LogP contribution in [0.15, 0.2) is 0 Å². The average Bonchev–Trinajstić information content (AvgIpc) is 2.42. The van der Waals surface area contributed by atoms with Gasteiger partial charge in [0.15, 0.2) is 23.3 Å². The van der Waals surface area contributed by atoms with Gasteiger partial charge in [0.2, 0.25) is 0 Å². The van der Waals surface area contributed by atoms with E-state index in [2.05, 4.69) is 15.9 Å². The molecule has 1 saturated heterocycles. The summed E-state index contributed by atoms with van der Waals surface area (Å²) >= 11 is 3.18. The quantitative estimate of drug-likeness (QED) is 0.362. The fraction of sp³-hybridized carbons (Fsp3) is 0.714. The fourth-order valence-electron chi connectivity index (χ4n) is 2.18. The van der Waals surface area contributed by atoms with Gasteiger partial charge in [-0.05, 0) is 0 Å². The van der Waals surface area contributed by atoms with Crippen molar-refractivity contribution in [3.05, 3.63) is 0 Å². The van der Waals surface area contributed by atoms with Crippen LogP contribution in [0.25, 0.3) is 0 Å². The van der Waals surface area contributed by atoms with Crippen LogP contribution in [0, 0.1) is 0 Å². The lowest BCUT2D eigenvalue weighted by molar-refractivity contribution is -0.236. The fourth-order valence-corrected chi connectivity index (χ4v) is 2.86. The van der Waals surface area contributed by atoms with Crippen molar-refractivity contribution in [1.82, 2.24) is 0 Å². The maximum absolute atomic E-state index is 11.4. The molecule has 5 atom stereocenters. The molecule has 1 rings (SSSR count). The molecule has 0 spiro atoms. The minimum absolute atomic E-state index is 0.236. The highest BCUT2D eigenvalue weighted by Crippen LogP contribution is 2.31. The molecular weight excluding hydrogens is 392 g/mol. The van der Waals surface area contributed by atoms with E-state index in [0.29, 0.717) is 0 Å². The van der Waals surface area contributed by atoms with E-state index in [9.17, 15) is 19.2 Å². The summed E-state index contributed by atoms with van der Waals surface area (Å²) in [5.41, 5.74) is 0. The van der Waals surface area contributed by atoms with Crippen LogP contribution in [-0.4, -0.2) is 59.9 Å². The number of rotatable bonds is 5. The number of ether oxygens (including phenoxy) is 5. The first-order valence-electron chi connectivity index (χ1n) is 7.06. The van der Waals surface area contributed by atoms with E-state index >= 15 is 0 Å². The Morgan fingerprint density at radius 2 is 1.25 bits per heavy atom. The lowest BCUT2D eigenvalue weighted by Crippen LogP contribution is -2.60. The molecule has 0 bridgehead atoms. The minimum Gasteiger partial charge on any atom is -0.463 e. The van der Waals surface area contributed by atoms with Crippen LogP contribution < -0.4 is 0 Å². The topological polar surface area (TPSA) is 114 Å². The smallest absolute Gasteiger partial charge is 0.303 e. The summed E-state index contributed by atoms with van der Waals surface area (Å²) in [7, 11) is 0. The molecule has 1 unspecified atom stereocenters. The summed E-state index contributed by atoms with van der Waals surface area (Å²) in [6.07, 6.45) is -4.22. The van der Waals surface area contributed by atoms with Gasteiger partial charge in [-0.2, -0.15) is 0 Å². The molecule has 136 valence electrons. The van der Waals surface area contributed by atoms with Crippen LogP contribution >= 0.6 is 15.9 Å². The Hall–Kier alpha value is -1.68. The summed E-state index contributed by atoms with van der Waals surface area (Å²) in [6, 6.07) is 0. The van der Waals surface area contributed by atoms with Gasteiger partial charge in [0.25, 0.3) is 0 Å². The van der Waals surface area contributed by atoms with Crippen molar-refractivity contribution in [2.24, 2.45) is 0 Å². The second-order valence-corrected chi connectivity index (χ2v) is 5.95. The van der Waals surface area contributed by atoms with E-state index in [0.717, 1.165) is 13.8 Å². The monoisotopic (exact) mass is 410 g/mol. The second kappa shape index (κ2) is 8.97. The van der Waals surface area contributed by atoms with Crippen LogP contribution in [-0.2, 0) is 42.9 Å². The van der Waals surface area contributed by atoms with Crippen molar-refractivity contribution in [3.63, 3.8) is 0 Å². The summed E-state index contributed by atoms with van der Waals surface area (Å²) in [6.45, 7) is 4.47. The van der Waals surface area contributed by atoms with E-state index in [1.165, 1.54) is 13.8 Å². The third-order valence-electron chi connectivity index (χ3n) is 2.93. The van der Waals surface area contributed by atoms with Gasteiger partial charge in [-0.1, -0.05) is 15.9 Å². The molecule has 1 fully saturated rings. The molecule has 1 aliphatic rings. The van der Waals surface area contributed by atoms with E-state index in [-0.39, 0.29) is 6.61 Å². The van der Waals surface area contributed by atoms with Crippen molar-refractivity contribution in [1.29, 1.82) is 0 Å². The van der Waals surface area contributed by atoms with Crippen LogP contribution in [0.1, 0.15) is 27.7 Å². The number of halogens is 1. The SMILES string of the molecule is CC(=O)OC[C@@H]1OC(Br)[C@@H](OC(C)=O)[C@H](OC(C)=O)[C@@H]1OC(C)=O. The average molecular weight is 411 g/mol. The molecule has 0 amide bonds. The summed E-state index contributed by atoms with van der Waals surface area (Å²) < 4.78 is 25.9. The molecule has 1 heterocycles. The molecule has 0 aromatic rings. The van der Waals surface area contributed by atoms with E-state index < -0.39 is 53.3 Å². The number of hydrogen-bond donors (Lipinski definition) is 0. The highest BCUT2D eigenvalue weighted by molar-refractivity contribution is 9.09. The van der Waals surface area contributed by atoms with Gasteiger partial charge in [0.1, 0.15) is 12.7 Å². The molecule has 0 aromatic heterocycles. The van der Waals surface area contributed by atoms with Gasteiger partial charge in [-0.25, -0.2) is 0 Å². The van der Waals surface area contributed by atoms with E-state index in [1.54, 1.807) is 0 Å². The molecular formula is C14H19BrO9. The Bertz CT molecular complexity index is 506. The molecule has 0 aromatic carbocycles. The minimum atomic E-state index is -1.13. The third kappa shape index (κ3) is 6.08. The van der Waals surface area contributed by atoms with Crippen molar-refractivity contribution >= 4 is 39.8 Å². The Kier molecular flexibility index (Phi) is 7.61. The zero-order valence-corrected chi connectivity index (χ0v) is 15.2. The van der Waals surface area contributed by atoms with Crippen molar-refractivity contribution in [3.8, 4) is 0 Å². The van der Waals surface area contributed by atoms with Crippen LogP contribution in [0.3, 0.4) is 0 Å². The van der Waals surface area contributed by atoms with Crippen molar-refractivity contribution in [2.45, 2.75) is 57.1 Å². The van der Waals surface area contributed by atoms with Gasteiger partial charge in [0.05, 0.1) is 0 Å². The third-order valence-corrected chi connectivity index (χ3v) is 3.67. The molecule has 10 heteroatoms. The summed E-state index contributed by atoms with van der Waals surface area (Å²) in [4.78, 5) is 45.1. The van der Waals surface area contributed by atoms with Crippen LogP contribution in [0.5, 0.6) is 0 Å². The van der Waals surface area contributed by atoms with Gasteiger partial charge in [-0.3, -0.25) is 19.2 Å². The highest BCUT2D eigenvalue weighted by Gasteiger charge is 2.51. The molecule has 9 nitrogen and oxygen atoms in total. The molecule has 0 saturated carbocycles. The predicted octanol–water partition coefficient (Wildman–Crippen LogP) is 0.464. The van der Waals surface area contributed by atoms with Crippen molar-refractivity contribution < 1.29 is 42.9 Å². The number of alkyl halides is 1. The van der Waals surface area contributed by atoms with E-state index in [1.807, 2.05) is 0 Å². The lowest BCUT2D eigenvalue weighted by Gasteiger charge is -2.42. The number of carbonyl (C=O) groups is 4. The summed E-state index contributed by atoms with van der Waals surface area (Å²) in [5.74, 6) is -2.52. The zero-order valence-electron chi connectivity index (χ0n) is 13.6. The maximum Gasteiger partial charge on any atom is 0.303 e. The first-order valence-corrected chi connectivity index (χ1v) is 7.98. The zero-order chi connectivity index (χ0) is 18.4. The molecule has 1 aliphatic heterocycles. The molecule has 0 radical (unpaired) electrons. The molecule has 0 aliphatic carbocycles. The Morgan fingerprint density at radius 1 is 0.792 bits per heavy atom. The lowest BCUT2D eigenvalue weighted by atomic mass is 9.99. The molecule has 24 heavy (non-hydrogen) atoms. The van der Waals surface area contributed by atoms with Gasteiger partial charge < -0.3 is 23.7 Å². The van der Waals surface area contributed by atoms with Gasteiger partial charge in [0, 0.05) is 27.7 Å². The molecule has 0 N–H and O–H groups in total. The predicted molar refractivity (Wildman–Crippen MR) is 80.9 cm³/mol.